The van der Waals surface area contributed by atoms with Crippen LogP contribution in [-0.4, -0.2) is 46.1 Å². The van der Waals surface area contributed by atoms with Gasteiger partial charge in [-0.05, 0) is 47.6 Å². The smallest absolute Gasteiger partial charge is 0.179 e. The van der Waals surface area contributed by atoms with E-state index in [4.69, 9.17) is 29.9 Å². The van der Waals surface area contributed by atoms with Gasteiger partial charge in [-0.25, -0.2) is 29.9 Å². The summed E-state index contributed by atoms with van der Waals surface area (Å²) in [7, 11) is -5.74. The Labute approximate surface area is 468 Å². The molecule has 80 heavy (non-hydrogen) atoms. The first-order valence-electron chi connectivity index (χ1n) is 26.9. The molecule has 11 aromatic carbocycles. The van der Waals surface area contributed by atoms with E-state index in [1.807, 2.05) is 66.7 Å². The summed E-state index contributed by atoms with van der Waals surface area (Å²) in [5.74, 6) is 3.38. The van der Waals surface area contributed by atoms with Crippen LogP contribution in [0, 0.1) is 0 Å². The monoisotopic (exact) mass is 1060 g/mol. The molecule has 0 aliphatic carbocycles. The molecular formula is C72H52N6Si2. The van der Waals surface area contributed by atoms with Gasteiger partial charge in [0, 0.05) is 33.4 Å². The number of rotatable bonds is 14. The normalized spacial score (nSPS) is 11.5. The van der Waals surface area contributed by atoms with E-state index in [1.165, 1.54) is 41.5 Å². The Morgan fingerprint density at radius 3 is 0.575 bits per heavy atom. The summed E-state index contributed by atoms with van der Waals surface area (Å²) in [6.07, 6.45) is 0. The molecule has 0 aliphatic heterocycles. The van der Waals surface area contributed by atoms with Gasteiger partial charge in [-0.3, -0.25) is 0 Å². The molecule has 13 rings (SSSR count). The quantitative estimate of drug-likeness (QED) is 0.0798. The fourth-order valence-corrected chi connectivity index (χ4v) is 21.0. The Morgan fingerprint density at radius 1 is 0.150 bits per heavy atom. The van der Waals surface area contributed by atoms with Crippen LogP contribution in [0.25, 0.3) is 68.3 Å². The van der Waals surface area contributed by atoms with Crippen LogP contribution >= 0.6 is 0 Å². The zero-order chi connectivity index (χ0) is 53.6. The van der Waals surface area contributed by atoms with Crippen molar-refractivity contribution in [3.05, 3.63) is 315 Å². The van der Waals surface area contributed by atoms with E-state index in [0.29, 0.717) is 34.9 Å². The van der Waals surface area contributed by atoms with Gasteiger partial charge >= 0.3 is 0 Å². The Bertz CT molecular complexity index is 3750. The maximum absolute atomic E-state index is 5.36. The molecule has 0 aliphatic rings. The van der Waals surface area contributed by atoms with Crippen LogP contribution in [0.2, 0.25) is 0 Å². The highest BCUT2D eigenvalue weighted by Crippen LogP contribution is 2.30. The first kappa shape index (κ1) is 49.4. The van der Waals surface area contributed by atoms with Gasteiger partial charge in [-0.2, -0.15) is 0 Å². The minimum atomic E-state index is -2.87. The second-order valence-corrected chi connectivity index (χ2v) is 27.4. The maximum atomic E-state index is 5.36. The van der Waals surface area contributed by atoms with Gasteiger partial charge < -0.3 is 0 Å². The average molecular weight is 1060 g/mol. The van der Waals surface area contributed by atoms with Crippen molar-refractivity contribution in [1.82, 2.24) is 29.9 Å². The molecule has 0 atom stereocenters. The molecule has 0 bridgehead atoms. The van der Waals surface area contributed by atoms with Crippen molar-refractivity contribution in [1.29, 1.82) is 0 Å². The molecule has 0 radical (unpaired) electrons. The SMILES string of the molecule is c1ccc(-c2nc(-c3cccc(-c4nc(-c5ccccc5)nc(-c5cccc([Si](c6ccccc6)(c6ccccc6)c6ccccc6)c5)n4)c3)nc(-c3cccc([Si](c4ccccc4)(c4ccccc4)c4ccccc4)c3)n2)cc1. The van der Waals surface area contributed by atoms with Crippen LogP contribution in [0.1, 0.15) is 0 Å². The predicted molar refractivity (Wildman–Crippen MR) is 333 cm³/mol. The predicted octanol–water partition coefficient (Wildman–Crippen LogP) is 10.8. The minimum absolute atomic E-state index is 0.535. The number of hydrogen-bond donors (Lipinski definition) is 0. The Balaban J connectivity index is 0.960. The van der Waals surface area contributed by atoms with E-state index in [1.54, 1.807) is 0 Å². The lowest BCUT2D eigenvalue weighted by atomic mass is 10.1. The fraction of sp³-hybridized carbons (Fsp3) is 0. The van der Waals surface area contributed by atoms with Gasteiger partial charge in [0.05, 0.1) is 0 Å². The Kier molecular flexibility index (Phi) is 13.6. The topological polar surface area (TPSA) is 77.3 Å². The molecule has 2 heterocycles. The van der Waals surface area contributed by atoms with Crippen LogP contribution in [0.4, 0.5) is 0 Å². The molecule has 8 heteroatoms. The van der Waals surface area contributed by atoms with Crippen molar-refractivity contribution in [2.24, 2.45) is 0 Å². The highest BCUT2D eigenvalue weighted by Gasteiger charge is 2.43. The summed E-state index contributed by atoms with van der Waals surface area (Å²) in [6.45, 7) is 0. The lowest BCUT2D eigenvalue weighted by Crippen LogP contribution is -2.74. The van der Waals surface area contributed by atoms with Crippen molar-refractivity contribution in [2.45, 2.75) is 0 Å². The lowest BCUT2D eigenvalue weighted by molar-refractivity contribution is 1.07. The van der Waals surface area contributed by atoms with Crippen molar-refractivity contribution in [3.8, 4) is 68.3 Å². The molecule has 0 amide bonds. The highest BCUT2D eigenvalue weighted by molar-refractivity contribution is 7.20. The number of aromatic nitrogens is 6. The second kappa shape index (κ2) is 22.1. The highest BCUT2D eigenvalue weighted by atomic mass is 28.3. The van der Waals surface area contributed by atoms with Crippen LogP contribution in [0.5, 0.6) is 0 Å². The molecule has 6 nitrogen and oxygen atoms in total. The van der Waals surface area contributed by atoms with E-state index < -0.39 is 16.1 Å². The Hall–Kier alpha value is -10.1. The molecule has 0 fully saturated rings. The van der Waals surface area contributed by atoms with Gasteiger partial charge in [0.15, 0.2) is 51.1 Å². The van der Waals surface area contributed by atoms with E-state index in [-0.39, 0.29) is 0 Å². The van der Waals surface area contributed by atoms with Gasteiger partial charge in [-0.15, -0.1) is 0 Å². The zero-order valence-corrected chi connectivity index (χ0v) is 45.7. The summed E-state index contributed by atoms with van der Waals surface area (Å²) in [5, 5.41) is 10.2. The molecule has 0 N–H and O–H groups in total. The summed E-state index contributed by atoms with van der Waals surface area (Å²) in [6, 6.07) is 112. The van der Waals surface area contributed by atoms with E-state index in [9.17, 15) is 0 Å². The van der Waals surface area contributed by atoms with E-state index >= 15 is 0 Å². The van der Waals surface area contributed by atoms with Gasteiger partial charge in [0.1, 0.15) is 0 Å². The Morgan fingerprint density at radius 2 is 0.325 bits per heavy atom. The van der Waals surface area contributed by atoms with Crippen molar-refractivity contribution in [3.63, 3.8) is 0 Å². The standard InChI is InChI=1S/C72H52N6Si2/c1-9-28-53(29-10-1)67-73-69(77-71(75-67)57-34-26-48-65(51-57)79(59-36-13-3-14-37-59,60-38-15-4-16-39-60)61-40-17-5-18-41-61)55-32-25-33-56(50-55)70-74-68(54-30-11-2-12-31-54)76-72(78-70)58-35-27-49-66(52-58)80(62-42-19-6-20-43-62,63-44-21-7-22-45-63)64-46-23-8-24-47-64/h1-52H. The van der Waals surface area contributed by atoms with Crippen LogP contribution in [0.3, 0.4) is 0 Å². The van der Waals surface area contributed by atoms with Gasteiger partial charge in [0.25, 0.3) is 0 Å². The summed E-state index contributed by atoms with van der Waals surface area (Å²) in [5.41, 5.74) is 5.18. The first-order chi connectivity index (χ1) is 39.6. The van der Waals surface area contributed by atoms with E-state index in [2.05, 4.69) is 249 Å². The third-order valence-electron chi connectivity index (χ3n) is 15.1. The third kappa shape index (κ3) is 9.38. The van der Waals surface area contributed by atoms with Crippen molar-refractivity contribution in [2.75, 3.05) is 0 Å². The summed E-state index contributed by atoms with van der Waals surface area (Å²) >= 11 is 0. The van der Waals surface area contributed by atoms with Crippen molar-refractivity contribution < 1.29 is 0 Å². The number of nitrogens with zero attached hydrogens (tertiary/aromatic N) is 6. The largest absolute Gasteiger partial charge is 0.208 e. The van der Waals surface area contributed by atoms with E-state index in [0.717, 1.165) is 33.4 Å². The van der Waals surface area contributed by atoms with Gasteiger partial charge in [-0.1, -0.05) is 309 Å². The van der Waals surface area contributed by atoms with Gasteiger partial charge in [0.2, 0.25) is 0 Å². The molecule has 0 saturated heterocycles. The molecular weight excluding hydrogens is 1010 g/mol. The summed E-state index contributed by atoms with van der Waals surface area (Å²) in [4.78, 5) is 31.7. The molecule has 378 valence electrons. The fourth-order valence-electron chi connectivity index (χ4n) is 11.4. The maximum Gasteiger partial charge on any atom is 0.179 e. The van der Waals surface area contributed by atoms with Crippen LogP contribution < -0.4 is 41.5 Å². The first-order valence-corrected chi connectivity index (χ1v) is 30.9. The van der Waals surface area contributed by atoms with Crippen LogP contribution in [0.15, 0.2) is 315 Å². The third-order valence-corrected chi connectivity index (χ3v) is 24.6. The molecule has 13 aromatic rings. The molecule has 0 unspecified atom stereocenters. The molecule has 0 saturated carbocycles. The minimum Gasteiger partial charge on any atom is -0.208 e. The second-order valence-electron chi connectivity index (χ2n) is 19.8. The zero-order valence-electron chi connectivity index (χ0n) is 43.7. The average Bonchev–Trinajstić information content (AvgIpc) is 3.71. The van der Waals surface area contributed by atoms with Crippen molar-refractivity contribution >= 4 is 57.6 Å². The molecule has 2 aromatic heterocycles. The number of hydrogen-bond acceptors (Lipinski definition) is 6. The summed E-state index contributed by atoms with van der Waals surface area (Å²) < 4.78 is 0. The van der Waals surface area contributed by atoms with Crippen LogP contribution in [-0.2, 0) is 0 Å². The number of benzene rings is 11. The molecule has 0 spiro atoms. The lowest BCUT2D eigenvalue weighted by Gasteiger charge is -2.34.